The summed E-state index contributed by atoms with van der Waals surface area (Å²) in [6.45, 7) is 14.7. The van der Waals surface area contributed by atoms with E-state index in [1.165, 1.54) is 5.69 Å². The summed E-state index contributed by atoms with van der Waals surface area (Å²) in [5.41, 5.74) is 1.23. The van der Waals surface area contributed by atoms with Gasteiger partial charge in [0.15, 0.2) is 0 Å². The molecule has 0 aliphatic carbocycles. The molecule has 166 valence electrons. The predicted octanol–water partition coefficient (Wildman–Crippen LogP) is 1.21. The Morgan fingerprint density at radius 1 is 0.900 bits per heavy atom. The Kier molecular flexibility index (Phi) is 8.10. The average Bonchev–Trinajstić information content (AvgIpc) is 2.80. The van der Waals surface area contributed by atoms with Crippen LogP contribution in [0.1, 0.15) is 20.8 Å². The van der Waals surface area contributed by atoms with Crippen LogP contribution in [0.15, 0.2) is 30.3 Å². The van der Waals surface area contributed by atoms with E-state index in [2.05, 4.69) is 39.0 Å². The average molecular weight is 416 g/mol. The highest BCUT2D eigenvalue weighted by Gasteiger charge is 2.31. The molecule has 0 N–H and O–H groups in total. The maximum absolute atomic E-state index is 13.1. The van der Waals surface area contributed by atoms with Gasteiger partial charge in [0, 0.05) is 71.1 Å². The normalized spacial score (nSPS) is 19.6. The van der Waals surface area contributed by atoms with Gasteiger partial charge in [-0.05, 0) is 32.9 Å². The fraction of sp³-hybridized carbons (Fsp3) is 0.652. The monoisotopic (exact) mass is 415 g/mol. The van der Waals surface area contributed by atoms with E-state index in [0.29, 0.717) is 6.54 Å². The van der Waals surface area contributed by atoms with Gasteiger partial charge >= 0.3 is 0 Å². The van der Waals surface area contributed by atoms with Crippen molar-refractivity contribution in [2.24, 2.45) is 0 Å². The molecule has 2 fully saturated rings. The van der Waals surface area contributed by atoms with E-state index in [-0.39, 0.29) is 17.9 Å². The first-order valence-electron chi connectivity index (χ1n) is 11.4. The largest absolute Gasteiger partial charge is 0.368 e. The summed E-state index contributed by atoms with van der Waals surface area (Å²) in [7, 11) is 0. The third kappa shape index (κ3) is 5.52. The van der Waals surface area contributed by atoms with Crippen molar-refractivity contribution in [1.29, 1.82) is 0 Å². The third-order valence-electron chi connectivity index (χ3n) is 6.50. The first-order valence-corrected chi connectivity index (χ1v) is 11.4. The number of benzene rings is 1. The predicted molar refractivity (Wildman–Crippen MR) is 121 cm³/mol. The Labute approximate surface area is 181 Å². The molecular weight excluding hydrogens is 378 g/mol. The Balaban J connectivity index is 1.43. The number of nitrogens with zero attached hydrogens (tertiary/aromatic N) is 5. The summed E-state index contributed by atoms with van der Waals surface area (Å²) in [5.74, 6) is 0.434. The number of para-hydroxylation sites is 1. The van der Waals surface area contributed by atoms with Crippen LogP contribution in [-0.2, 0) is 9.59 Å². The number of amides is 2. The van der Waals surface area contributed by atoms with Crippen LogP contribution >= 0.6 is 0 Å². The molecule has 7 nitrogen and oxygen atoms in total. The molecule has 0 bridgehead atoms. The van der Waals surface area contributed by atoms with Crippen LogP contribution in [-0.4, -0.2) is 109 Å². The smallest absolute Gasteiger partial charge is 0.239 e. The third-order valence-corrected chi connectivity index (χ3v) is 6.50. The highest BCUT2D eigenvalue weighted by atomic mass is 16.2. The summed E-state index contributed by atoms with van der Waals surface area (Å²) < 4.78 is 0. The van der Waals surface area contributed by atoms with Gasteiger partial charge in [0.25, 0.3) is 0 Å². The maximum Gasteiger partial charge on any atom is 0.239 e. The lowest BCUT2D eigenvalue weighted by atomic mass is 10.1. The van der Waals surface area contributed by atoms with E-state index in [1.807, 2.05) is 36.6 Å². The van der Waals surface area contributed by atoms with E-state index < -0.39 is 0 Å². The molecule has 0 spiro atoms. The lowest BCUT2D eigenvalue weighted by Crippen LogP contribution is -2.58. The molecule has 0 saturated carbocycles. The van der Waals surface area contributed by atoms with Gasteiger partial charge in [0.05, 0.1) is 12.6 Å². The zero-order valence-corrected chi connectivity index (χ0v) is 18.8. The number of hydrogen-bond acceptors (Lipinski definition) is 5. The van der Waals surface area contributed by atoms with Crippen molar-refractivity contribution in [3.05, 3.63) is 30.3 Å². The van der Waals surface area contributed by atoms with Gasteiger partial charge in [-0.15, -0.1) is 0 Å². The first-order chi connectivity index (χ1) is 14.5. The van der Waals surface area contributed by atoms with Crippen LogP contribution in [0.4, 0.5) is 5.69 Å². The number of piperazine rings is 2. The second kappa shape index (κ2) is 10.8. The molecule has 1 aromatic rings. The van der Waals surface area contributed by atoms with Crippen LogP contribution in [0.25, 0.3) is 0 Å². The molecule has 1 unspecified atom stereocenters. The summed E-state index contributed by atoms with van der Waals surface area (Å²) in [6, 6.07) is 10.3. The SMILES string of the molecule is CCN(CC)C(=O)CN1CCN(C(C)C(=O)N2CCN(c3ccccc3)CC2)CC1. The summed E-state index contributed by atoms with van der Waals surface area (Å²) >= 11 is 0. The molecule has 30 heavy (non-hydrogen) atoms. The molecule has 2 aliphatic rings. The van der Waals surface area contributed by atoms with Crippen molar-refractivity contribution in [2.75, 3.05) is 76.9 Å². The number of carbonyl (C=O) groups is 2. The molecule has 2 amide bonds. The standard InChI is InChI=1S/C23H37N5O2/c1-4-25(5-2)22(29)19-24-11-13-26(14-12-24)20(3)23(30)28-17-15-27(16-18-28)21-9-7-6-8-10-21/h6-10,20H,4-5,11-19H2,1-3H3. The molecule has 7 heteroatoms. The van der Waals surface area contributed by atoms with Crippen molar-refractivity contribution < 1.29 is 9.59 Å². The molecule has 3 rings (SSSR count). The number of likely N-dealkylation sites (N-methyl/N-ethyl adjacent to an activating group) is 1. The number of carbonyl (C=O) groups excluding carboxylic acids is 2. The summed E-state index contributed by atoms with van der Waals surface area (Å²) in [5, 5.41) is 0. The highest BCUT2D eigenvalue weighted by molar-refractivity contribution is 5.82. The van der Waals surface area contributed by atoms with E-state index >= 15 is 0 Å². The zero-order chi connectivity index (χ0) is 21.5. The number of hydrogen-bond donors (Lipinski definition) is 0. The molecule has 1 aromatic carbocycles. The Morgan fingerprint density at radius 2 is 1.50 bits per heavy atom. The van der Waals surface area contributed by atoms with E-state index in [1.54, 1.807) is 0 Å². The second-order valence-electron chi connectivity index (χ2n) is 8.20. The van der Waals surface area contributed by atoms with Crippen LogP contribution in [0.3, 0.4) is 0 Å². The maximum atomic E-state index is 13.1. The second-order valence-corrected chi connectivity index (χ2v) is 8.20. The van der Waals surface area contributed by atoms with Crippen LogP contribution in [0, 0.1) is 0 Å². The van der Waals surface area contributed by atoms with Gasteiger partial charge in [-0.2, -0.15) is 0 Å². The zero-order valence-electron chi connectivity index (χ0n) is 18.8. The summed E-state index contributed by atoms with van der Waals surface area (Å²) in [6.07, 6.45) is 0. The Hall–Kier alpha value is -2.12. The molecule has 0 aromatic heterocycles. The van der Waals surface area contributed by atoms with Crippen molar-refractivity contribution in [1.82, 2.24) is 19.6 Å². The van der Waals surface area contributed by atoms with Crippen molar-refractivity contribution in [3.63, 3.8) is 0 Å². The van der Waals surface area contributed by atoms with Gasteiger partial charge in [-0.3, -0.25) is 19.4 Å². The minimum Gasteiger partial charge on any atom is -0.368 e. The fourth-order valence-corrected chi connectivity index (χ4v) is 4.42. The van der Waals surface area contributed by atoms with Gasteiger partial charge in [-0.25, -0.2) is 0 Å². The lowest BCUT2D eigenvalue weighted by Gasteiger charge is -2.41. The molecule has 0 radical (unpaired) electrons. The number of anilines is 1. The van der Waals surface area contributed by atoms with Gasteiger partial charge in [0.1, 0.15) is 0 Å². The molecule has 2 aliphatic heterocycles. The molecule has 2 heterocycles. The molecule has 2 saturated heterocycles. The van der Waals surface area contributed by atoms with Crippen molar-refractivity contribution in [2.45, 2.75) is 26.8 Å². The Bertz CT molecular complexity index is 678. The van der Waals surface area contributed by atoms with Crippen LogP contribution in [0.2, 0.25) is 0 Å². The summed E-state index contributed by atoms with van der Waals surface area (Å²) in [4.78, 5) is 36.1. The minimum atomic E-state index is -0.103. The first kappa shape index (κ1) is 22.6. The molecular formula is C23H37N5O2. The fourth-order valence-electron chi connectivity index (χ4n) is 4.42. The Morgan fingerprint density at radius 3 is 2.07 bits per heavy atom. The van der Waals surface area contributed by atoms with Gasteiger partial charge < -0.3 is 14.7 Å². The van der Waals surface area contributed by atoms with Crippen molar-refractivity contribution >= 4 is 17.5 Å². The topological polar surface area (TPSA) is 50.3 Å². The van der Waals surface area contributed by atoms with E-state index in [9.17, 15) is 9.59 Å². The quantitative estimate of drug-likeness (QED) is 0.670. The van der Waals surface area contributed by atoms with Crippen LogP contribution in [0.5, 0.6) is 0 Å². The molecule has 1 atom stereocenters. The minimum absolute atomic E-state index is 0.103. The highest BCUT2D eigenvalue weighted by Crippen LogP contribution is 2.17. The van der Waals surface area contributed by atoms with E-state index in [4.69, 9.17) is 0 Å². The van der Waals surface area contributed by atoms with Crippen LogP contribution < -0.4 is 4.90 Å². The van der Waals surface area contributed by atoms with Crippen molar-refractivity contribution in [3.8, 4) is 0 Å². The van der Waals surface area contributed by atoms with Gasteiger partial charge in [0.2, 0.25) is 11.8 Å². The van der Waals surface area contributed by atoms with Gasteiger partial charge in [-0.1, -0.05) is 18.2 Å². The lowest BCUT2D eigenvalue weighted by molar-refractivity contribution is -0.138. The number of rotatable bonds is 7. The van der Waals surface area contributed by atoms with E-state index in [0.717, 1.165) is 65.4 Å².